The molecule has 25 heavy (non-hydrogen) atoms. The molecule has 1 aromatic heterocycles. The number of hydrogen-bond donors (Lipinski definition) is 1. The number of ether oxygens (including phenoxy) is 1. The van der Waals surface area contributed by atoms with E-state index in [1.54, 1.807) is 14.1 Å². The van der Waals surface area contributed by atoms with Crippen LogP contribution in [-0.4, -0.2) is 73.2 Å². The number of carbonyl (C=O) groups excluding carboxylic acids is 1. The number of carbonyl (C=O) groups is 1. The van der Waals surface area contributed by atoms with E-state index in [2.05, 4.69) is 10.3 Å². The van der Waals surface area contributed by atoms with Crippen molar-refractivity contribution in [2.45, 2.75) is 25.5 Å². The zero-order valence-corrected chi connectivity index (χ0v) is 16.2. The fraction of sp³-hybridized carbons (Fsp3) is 0.647. The van der Waals surface area contributed by atoms with Gasteiger partial charge in [-0.1, -0.05) is 11.6 Å². The molecule has 0 aromatic carbocycles. The van der Waals surface area contributed by atoms with E-state index in [4.69, 9.17) is 16.3 Å². The Balaban J connectivity index is 2.03. The van der Waals surface area contributed by atoms with Gasteiger partial charge < -0.3 is 24.4 Å². The Labute approximate surface area is 154 Å². The van der Waals surface area contributed by atoms with E-state index >= 15 is 0 Å². The van der Waals surface area contributed by atoms with Crippen LogP contribution in [0.5, 0.6) is 0 Å². The zero-order chi connectivity index (χ0) is 18.4. The van der Waals surface area contributed by atoms with Crippen LogP contribution < -0.4 is 5.32 Å². The molecule has 2 rings (SSSR count). The molecular weight excluding hydrogens is 342 g/mol. The SMILES string of the molecule is CN(C)C(=O)CN=C(NCC1CCCO1)N(C)Cc1cc(Cl)cn1C. The van der Waals surface area contributed by atoms with Crippen LogP contribution >= 0.6 is 11.6 Å². The summed E-state index contributed by atoms with van der Waals surface area (Å²) in [6.45, 7) is 2.25. The average molecular weight is 370 g/mol. The molecule has 0 bridgehead atoms. The van der Waals surface area contributed by atoms with Crippen LogP contribution in [0.4, 0.5) is 0 Å². The van der Waals surface area contributed by atoms with Gasteiger partial charge in [-0.05, 0) is 18.9 Å². The van der Waals surface area contributed by atoms with Gasteiger partial charge in [0.15, 0.2) is 5.96 Å². The molecule has 2 heterocycles. The number of aromatic nitrogens is 1. The number of aliphatic imine (C=N–C) groups is 1. The second kappa shape index (κ2) is 9.10. The van der Waals surface area contributed by atoms with Crippen LogP contribution in [0.3, 0.4) is 0 Å². The Kier molecular flexibility index (Phi) is 7.13. The maximum absolute atomic E-state index is 11.9. The molecule has 0 radical (unpaired) electrons. The summed E-state index contributed by atoms with van der Waals surface area (Å²) in [5.41, 5.74) is 1.07. The number of nitrogens with one attached hydrogen (secondary N) is 1. The van der Waals surface area contributed by atoms with Crippen LogP contribution in [0, 0.1) is 0 Å². The number of likely N-dealkylation sites (N-methyl/N-ethyl adjacent to an activating group) is 1. The molecule has 1 aromatic rings. The van der Waals surface area contributed by atoms with E-state index in [1.165, 1.54) is 4.90 Å². The summed E-state index contributed by atoms with van der Waals surface area (Å²) < 4.78 is 7.64. The van der Waals surface area contributed by atoms with Crippen molar-refractivity contribution in [2.24, 2.45) is 12.0 Å². The number of halogens is 1. The van der Waals surface area contributed by atoms with E-state index in [9.17, 15) is 4.79 Å². The highest BCUT2D eigenvalue weighted by molar-refractivity contribution is 6.30. The number of rotatable bonds is 6. The summed E-state index contributed by atoms with van der Waals surface area (Å²) in [5.74, 6) is 0.648. The Morgan fingerprint density at radius 3 is 2.80 bits per heavy atom. The first-order valence-electron chi connectivity index (χ1n) is 8.48. The van der Waals surface area contributed by atoms with Crippen molar-refractivity contribution in [3.05, 3.63) is 23.0 Å². The van der Waals surface area contributed by atoms with Crippen molar-refractivity contribution in [1.29, 1.82) is 0 Å². The monoisotopic (exact) mass is 369 g/mol. The summed E-state index contributed by atoms with van der Waals surface area (Å²) in [6.07, 6.45) is 4.22. The van der Waals surface area contributed by atoms with Gasteiger partial charge in [-0.3, -0.25) is 4.79 Å². The van der Waals surface area contributed by atoms with Crippen molar-refractivity contribution in [2.75, 3.05) is 40.8 Å². The minimum absolute atomic E-state index is 0.0354. The molecule has 0 saturated carbocycles. The molecule has 0 aliphatic carbocycles. The molecule has 1 fully saturated rings. The van der Waals surface area contributed by atoms with Gasteiger partial charge in [-0.25, -0.2) is 4.99 Å². The van der Waals surface area contributed by atoms with E-state index in [0.29, 0.717) is 24.1 Å². The smallest absolute Gasteiger partial charge is 0.243 e. The van der Waals surface area contributed by atoms with Gasteiger partial charge in [0.2, 0.25) is 5.91 Å². The van der Waals surface area contributed by atoms with E-state index in [1.807, 2.05) is 35.8 Å². The lowest BCUT2D eigenvalue weighted by molar-refractivity contribution is -0.127. The minimum atomic E-state index is -0.0354. The molecule has 1 N–H and O–H groups in total. The highest BCUT2D eigenvalue weighted by atomic mass is 35.5. The Bertz CT molecular complexity index is 608. The first-order chi connectivity index (χ1) is 11.9. The van der Waals surface area contributed by atoms with Crippen LogP contribution in [-0.2, 0) is 23.1 Å². The molecule has 8 heteroatoms. The molecule has 1 atom stereocenters. The predicted molar refractivity (Wildman–Crippen MR) is 99.9 cm³/mol. The molecule has 1 saturated heterocycles. The number of nitrogens with zero attached hydrogens (tertiary/aromatic N) is 4. The molecule has 1 aliphatic rings. The number of amides is 1. The van der Waals surface area contributed by atoms with Gasteiger partial charge in [-0.15, -0.1) is 0 Å². The van der Waals surface area contributed by atoms with Crippen LogP contribution in [0.15, 0.2) is 17.3 Å². The fourth-order valence-electron chi connectivity index (χ4n) is 2.65. The van der Waals surface area contributed by atoms with Crippen LogP contribution in [0.2, 0.25) is 5.02 Å². The Morgan fingerprint density at radius 1 is 1.48 bits per heavy atom. The van der Waals surface area contributed by atoms with Crippen LogP contribution in [0.1, 0.15) is 18.5 Å². The number of guanidine groups is 1. The van der Waals surface area contributed by atoms with Crippen molar-refractivity contribution in [1.82, 2.24) is 19.7 Å². The lowest BCUT2D eigenvalue weighted by Gasteiger charge is -2.24. The molecule has 7 nitrogen and oxygen atoms in total. The van der Waals surface area contributed by atoms with E-state index in [-0.39, 0.29) is 18.6 Å². The lowest BCUT2D eigenvalue weighted by atomic mass is 10.2. The van der Waals surface area contributed by atoms with Gasteiger partial charge in [0.05, 0.1) is 17.7 Å². The van der Waals surface area contributed by atoms with Gasteiger partial charge in [0.25, 0.3) is 0 Å². The third kappa shape index (κ3) is 5.93. The molecular formula is C17H28ClN5O2. The largest absolute Gasteiger partial charge is 0.376 e. The number of hydrogen-bond acceptors (Lipinski definition) is 3. The molecule has 1 unspecified atom stereocenters. The zero-order valence-electron chi connectivity index (χ0n) is 15.5. The molecule has 0 spiro atoms. The Hall–Kier alpha value is -1.73. The van der Waals surface area contributed by atoms with E-state index < -0.39 is 0 Å². The topological polar surface area (TPSA) is 62.1 Å². The highest BCUT2D eigenvalue weighted by Gasteiger charge is 2.18. The first-order valence-corrected chi connectivity index (χ1v) is 8.86. The van der Waals surface area contributed by atoms with Crippen molar-refractivity contribution in [3.8, 4) is 0 Å². The maximum Gasteiger partial charge on any atom is 0.243 e. The van der Waals surface area contributed by atoms with Gasteiger partial charge >= 0.3 is 0 Å². The molecule has 1 amide bonds. The van der Waals surface area contributed by atoms with Gasteiger partial charge in [0, 0.05) is 53.2 Å². The quantitative estimate of drug-likeness (QED) is 0.607. The maximum atomic E-state index is 11.9. The second-order valence-corrected chi connectivity index (χ2v) is 7.00. The highest BCUT2D eigenvalue weighted by Crippen LogP contribution is 2.14. The first kappa shape index (κ1) is 19.6. The normalized spacial score (nSPS) is 17.6. The minimum Gasteiger partial charge on any atom is -0.376 e. The van der Waals surface area contributed by atoms with Crippen molar-refractivity contribution >= 4 is 23.5 Å². The van der Waals surface area contributed by atoms with Crippen molar-refractivity contribution < 1.29 is 9.53 Å². The second-order valence-electron chi connectivity index (χ2n) is 6.56. The standard InChI is InChI=1S/C17H28ClN5O2/c1-21(2)16(24)10-20-17(19-9-15-6-5-7-25-15)23(4)12-14-8-13(18)11-22(14)3/h8,11,15H,5-7,9-10,12H2,1-4H3,(H,19,20). The summed E-state index contributed by atoms with van der Waals surface area (Å²) in [6, 6.07) is 1.93. The fourth-order valence-corrected chi connectivity index (χ4v) is 2.92. The van der Waals surface area contributed by atoms with Gasteiger partial charge in [-0.2, -0.15) is 0 Å². The lowest BCUT2D eigenvalue weighted by Crippen LogP contribution is -2.42. The van der Waals surface area contributed by atoms with E-state index in [0.717, 1.165) is 25.1 Å². The van der Waals surface area contributed by atoms with Crippen molar-refractivity contribution in [3.63, 3.8) is 0 Å². The molecule has 1 aliphatic heterocycles. The summed E-state index contributed by atoms with van der Waals surface area (Å²) >= 11 is 6.06. The average Bonchev–Trinajstić information content (AvgIpc) is 3.16. The van der Waals surface area contributed by atoms with Crippen LogP contribution in [0.25, 0.3) is 0 Å². The third-order valence-corrected chi connectivity index (χ3v) is 4.42. The third-order valence-electron chi connectivity index (χ3n) is 4.21. The summed E-state index contributed by atoms with van der Waals surface area (Å²) in [5, 5.41) is 4.05. The van der Waals surface area contributed by atoms with Gasteiger partial charge in [0.1, 0.15) is 6.54 Å². The predicted octanol–water partition coefficient (Wildman–Crippen LogP) is 1.32. The number of aryl methyl sites for hydroxylation is 1. The Morgan fingerprint density at radius 2 is 2.24 bits per heavy atom. The summed E-state index contributed by atoms with van der Waals surface area (Å²) in [7, 11) is 7.36. The molecule has 140 valence electrons. The summed E-state index contributed by atoms with van der Waals surface area (Å²) in [4.78, 5) is 19.9.